The van der Waals surface area contributed by atoms with Crippen LogP contribution in [0.4, 0.5) is 8.78 Å². The molecule has 2 saturated heterocycles. The molecule has 2 bridgehead atoms. The molecule has 3 heterocycles. The van der Waals surface area contributed by atoms with Crippen LogP contribution in [0.25, 0.3) is 10.9 Å². The third kappa shape index (κ3) is 2.99. The first-order valence-electron chi connectivity index (χ1n) is 8.93. The zero-order valence-corrected chi connectivity index (χ0v) is 15.3. The normalized spacial score (nSPS) is 26.0. The molecule has 0 amide bonds. The highest BCUT2D eigenvalue weighted by Gasteiger charge is 2.40. The van der Waals surface area contributed by atoms with E-state index in [1.54, 1.807) is 24.3 Å². The molecule has 4 nitrogen and oxygen atoms in total. The molecule has 1 aromatic heterocycles. The molecule has 0 saturated carbocycles. The summed E-state index contributed by atoms with van der Waals surface area (Å²) in [7, 11) is 2.12. The molecular weight excluding hydrogens is 362 g/mol. The number of carbonyl (C=O) groups is 1. The number of fused-ring (bicyclic) bond motifs is 3. The van der Waals surface area contributed by atoms with Gasteiger partial charge in [0.1, 0.15) is 16.8 Å². The van der Waals surface area contributed by atoms with E-state index in [-0.39, 0.29) is 16.8 Å². The quantitative estimate of drug-likeness (QED) is 0.738. The van der Waals surface area contributed by atoms with Gasteiger partial charge in [0, 0.05) is 30.3 Å². The summed E-state index contributed by atoms with van der Waals surface area (Å²) in [6, 6.07) is 7.81. The fraction of sp³-hybridized carbons (Fsp3) is 0.526. The Kier molecular flexibility index (Phi) is 4.65. The Balaban J connectivity index is 1.62. The number of alkyl halides is 2. The molecule has 2 aromatic rings. The van der Waals surface area contributed by atoms with E-state index in [1.165, 1.54) is 4.57 Å². The maximum atomic E-state index is 12.9. The molecule has 2 aliphatic heterocycles. The molecule has 0 radical (unpaired) electrons. The van der Waals surface area contributed by atoms with Crippen LogP contribution >= 0.6 is 11.6 Å². The Morgan fingerprint density at radius 2 is 1.92 bits per heavy atom. The highest BCUT2D eigenvalue weighted by molar-refractivity contribution is 6.35. The lowest BCUT2D eigenvalue weighted by Crippen LogP contribution is -2.43. The van der Waals surface area contributed by atoms with E-state index in [0.29, 0.717) is 23.0 Å². The zero-order valence-electron chi connectivity index (χ0n) is 14.5. The molecule has 140 valence electrons. The minimum absolute atomic E-state index is 0.0207. The molecule has 26 heavy (non-hydrogen) atoms. The van der Waals surface area contributed by atoms with Crippen LogP contribution in [0.2, 0.25) is 5.15 Å². The van der Waals surface area contributed by atoms with E-state index in [9.17, 15) is 13.6 Å². The van der Waals surface area contributed by atoms with Crippen LogP contribution in [-0.4, -0.2) is 47.1 Å². The van der Waals surface area contributed by atoms with Gasteiger partial charge >= 0.3 is 5.97 Å². The SMILES string of the molecule is CN1[C@@H]2CC[C@H]1C[C@@H](OC(=O)c1c(Cl)n(CC(F)F)c3ccccc13)C2. The minimum Gasteiger partial charge on any atom is -0.459 e. The van der Waals surface area contributed by atoms with E-state index >= 15 is 0 Å². The number of benzene rings is 1. The maximum absolute atomic E-state index is 12.9. The Morgan fingerprint density at radius 3 is 2.58 bits per heavy atom. The first-order chi connectivity index (χ1) is 12.5. The summed E-state index contributed by atoms with van der Waals surface area (Å²) in [6.07, 6.45) is 1.17. The van der Waals surface area contributed by atoms with E-state index < -0.39 is 18.9 Å². The summed E-state index contributed by atoms with van der Waals surface area (Å²) in [5.41, 5.74) is 0.711. The van der Waals surface area contributed by atoms with Crippen LogP contribution in [-0.2, 0) is 11.3 Å². The van der Waals surface area contributed by atoms with Crippen molar-refractivity contribution in [2.75, 3.05) is 7.05 Å². The Hall–Kier alpha value is -1.66. The summed E-state index contributed by atoms with van der Waals surface area (Å²) >= 11 is 6.32. The number of hydrogen-bond acceptors (Lipinski definition) is 3. The van der Waals surface area contributed by atoms with Gasteiger partial charge in [0.2, 0.25) is 0 Å². The smallest absolute Gasteiger partial charge is 0.342 e. The van der Waals surface area contributed by atoms with Gasteiger partial charge in [0.15, 0.2) is 0 Å². The van der Waals surface area contributed by atoms with Gasteiger partial charge in [-0.25, -0.2) is 13.6 Å². The van der Waals surface area contributed by atoms with Crippen LogP contribution in [0.15, 0.2) is 24.3 Å². The Bertz CT molecular complexity index is 824. The van der Waals surface area contributed by atoms with Crippen LogP contribution in [0.3, 0.4) is 0 Å². The second kappa shape index (κ2) is 6.82. The number of carbonyl (C=O) groups excluding carboxylic acids is 1. The van der Waals surface area contributed by atoms with Gasteiger partial charge in [0.05, 0.1) is 12.1 Å². The average molecular weight is 383 g/mol. The fourth-order valence-corrected chi connectivity index (χ4v) is 4.79. The standard InChI is InChI=1S/C19H21ClF2N2O2/c1-23-11-6-7-12(23)9-13(8-11)26-19(25)17-14-4-2-3-5-15(14)24(18(17)20)10-16(21)22/h2-5,11-13,16H,6-10H2,1H3/t11-,12+,13+. The second-order valence-electron chi connectivity index (χ2n) is 7.23. The minimum atomic E-state index is -2.56. The summed E-state index contributed by atoms with van der Waals surface area (Å²) in [6.45, 7) is -0.551. The number of rotatable bonds is 4. The lowest BCUT2D eigenvalue weighted by molar-refractivity contribution is -0.000298. The molecule has 0 unspecified atom stereocenters. The van der Waals surface area contributed by atoms with Crippen molar-refractivity contribution in [2.24, 2.45) is 0 Å². The number of halogens is 3. The number of aromatic nitrogens is 1. The van der Waals surface area contributed by atoms with Crippen molar-refractivity contribution in [1.29, 1.82) is 0 Å². The summed E-state index contributed by atoms with van der Waals surface area (Å²) in [4.78, 5) is 15.2. The highest BCUT2D eigenvalue weighted by Crippen LogP contribution is 2.37. The maximum Gasteiger partial charge on any atom is 0.342 e. The van der Waals surface area contributed by atoms with Gasteiger partial charge in [0.25, 0.3) is 6.43 Å². The van der Waals surface area contributed by atoms with Crippen LogP contribution in [0.5, 0.6) is 0 Å². The van der Waals surface area contributed by atoms with E-state index in [1.807, 2.05) is 0 Å². The number of para-hydroxylation sites is 1. The lowest BCUT2D eigenvalue weighted by Gasteiger charge is -2.35. The molecule has 7 heteroatoms. The van der Waals surface area contributed by atoms with Crippen molar-refractivity contribution < 1.29 is 18.3 Å². The third-order valence-corrected chi connectivity index (χ3v) is 6.15. The highest BCUT2D eigenvalue weighted by atomic mass is 35.5. The largest absolute Gasteiger partial charge is 0.459 e. The van der Waals surface area contributed by atoms with Gasteiger partial charge in [-0.3, -0.25) is 0 Å². The van der Waals surface area contributed by atoms with Gasteiger partial charge in [-0.1, -0.05) is 29.8 Å². The Labute approximate surface area is 155 Å². The molecule has 2 fully saturated rings. The number of ether oxygens (including phenoxy) is 1. The van der Waals surface area contributed by atoms with Crippen molar-refractivity contribution in [1.82, 2.24) is 9.47 Å². The molecule has 1 aromatic carbocycles. The summed E-state index contributed by atoms with van der Waals surface area (Å²) in [5.74, 6) is -0.520. The second-order valence-corrected chi connectivity index (χ2v) is 7.59. The molecule has 4 rings (SSSR count). The van der Waals surface area contributed by atoms with Crippen LogP contribution in [0.1, 0.15) is 36.0 Å². The molecule has 0 N–H and O–H groups in total. The number of esters is 1. The molecule has 3 atom stereocenters. The third-order valence-electron chi connectivity index (χ3n) is 5.76. The van der Waals surface area contributed by atoms with Crippen LogP contribution in [0, 0.1) is 0 Å². The molecule has 2 aliphatic rings. The van der Waals surface area contributed by atoms with E-state index in [0.717, 1.165) is 25.7 Å². The van der Waals surface area contributed by atoms with E-state index in [4.69, 9.17) is 16.3 Å². The van der Waals surface area contributed by atoms with Gasteiger partial charge in [-0.05, 0) is 26.0 Å². The van der Waals surface area contributed by atoms with Gasteiger partial charge in [-0.2, -0.15) is 0 Å². The predicted octanol–water partition coefficient (Wildman–Crippen LogP) is 4.34. The van der Waals surface area contributed by atoms with Crippen molar-refractivity contribution in [3.63, 3.8) is 0 Å². The van der Waals surface area contributed by atoms with Gasteiger partial charge < -0.3 is 14.2 Å². The fourth-order valence-electron chi connectivity index (χ4n) is 4.45. The van der Waals surface area contributed by atoms with E-state index in [2.05, 4.69) is 11.9 Å². The van der Waals surface area contributed by atoms with Crippen molar-refractivity contribution in [3.05, 3.63) is 35.0 Å². The van der Waals surface area contributed by atoms with Crippen molar-refractivity contribution in [3.8, 4) is 0 Å². The predicted molar refractivity (Wildman–Crippen MR) is 96.0 cm³/mol. The molecule has 0 spiro atoms. The van der Waals surface area contributed by atoms with Crippen molar-refractivity contribution >= 4 is 28.5 Å². The number of piperidine rings is 1. The summed E-state index contributed by atoms with van der Waals surface area (Å²) in [5, 5.41) is 0.575. The molecular formula is C19H21ClF2N2O2. The number of nitrogens with zero attached hydrogens (tertiary/aromatic N) is 2. The lowest BCUT2D eigenvalue weighted by atomic mass is 10.0. The Morgan fingerprint density at radius 1 is 1.27 bits per heavy atom. The van der Waals surface area contributed by atoms with Crippen molar-refractivity contribution in [2.45, 2.75) is 56.8 Å². The first kappa shape index (κ1) is 17.7. The first-order valence-corrected chi connectivity index (χ1v) is 9.31. The monoisotopic (exact) mass is 382 g/mol. The summed E-state index contributed by atoms with van der Waals surface area (Å²) < 4.78 is 32.9. The zero-order chi connectivity index (χ0) is 18.4. The van der Waals surface area contributed by atoms with Gasteiger partial charge in [-0.15, -0.1) is 0 Å². The molecule has 0 aliphatic carbocycles. The average Bonchev–Trinajstić information content (AvgIpc) is 2.97. The van der Waals surface area contributed by atoms with Crippen LogP contribution < -0.4 is 0 Å². The number of hydrogen-bond donors (Lipinski definition) is 0. The topological polar surface area (TPSA) is 34.5 Å².